The molecule has 2 aromatic rings. The molecule has 34 heavy (non-hydrogen) atoms. The number of aromatic nitrogens is 1. The highest BCUT2D eigenvalue weighted by Crippen LogP contribution is 2.31. The van der Waals surface area contributed by atoms with Gasteiger partial charge in [0.1, 0.15) is 16.7 Å². The van der Waals surface area contributed by atoms with Crippen LogP contribution in [0.25, 0.3) is 0 Å². The Morgan fingerprint density at radius 3 is 2.71 bits per heavy atom. The number of anilines is 2. The van der Waals surface area contributed by atoms with Crippen LogP contribution in [0.1, 0.15) is 53.3 Å². The van der Waals surface area contributed by atoms with Crippen LogP contribution in [0.4, 0.5) is 11.4 Å². The zero-order chi connectivity index (χ0) is 24.8. The average Bonchev–Trinajstić information content (AvgIpc) is 3.46. The first-order valence-electron chi connectivity index (χ1n) is 11.1. The number of hydrogen-bond donors (Lipinski definition) is 3. The molecule has 1 aromatic heterocycles. The molecule has 1 aliphatic heterocycles. The van der Waals surface area contributed by atoms with Crippen molar-refractivity contribution >= 4 is 40.6 Å². The van der Waals surface area contributed by atoms with E-state index in [1.165, 1.54) is 12.0 Å². The Labute approximate surface area is 202 Å². The van der Waals surface area contributed by atoms with Gasteiger partial charge in [-0.05, 0) is 48.8 Å². The molecule has 2 heterocycles. The number of carbonyl (C=O) groups excluding carboxylic acids is 3. The van der Waals surface area contributed by atoms with Gasteiger partial charge in [0.2, 0.25) is 5.91 Å². The van der Waals surface area contributed by atoms with E-state index in [-0.39, 0.29) is 34.2 Å². The van der Waals surface area contributed by atoms with E-state index in [0.29, 0.717) is 31.0 Å². The Morgan fingerprint density at radius 1 is 1.35 bits per heavy atom. The van der Waals surface area contributed by atoms with Gasteiger partial charge < -0.3 is 26.3 Å². The number of ether oxygens (including phenoxy) is 2. The summed E-state index contributed by atoms with van der Waals surface area (Å²) in [6.07, 6.45) is 2.18. The first-order chi connectivity index (χ1) is 16.2. The molecule has 184 valence electrons. The van der Waals surface area contributed by atoms with Crippen molar-refractivity contribution in [3.63, 3.8) is 0 Å². The summed E-state index contributed by atoms with van der Waals surface area (Å²) in [6, 6.07) is 6.01. The van der Waals surface area contributed by atoms with E-state index in [4.69, 9.17) is 20.9 Å². The number of methoxy groups -OCH3 is 1. The van der Waals surface area contributed by atoms with E-state index in [1.54, 1.807) is 24.3 Å². The van der Waals surface area contributed by atoms with E-state index < -0.39 is 17.9 Å². The molecule has 0 radical (unpaired) electrons. The summed E-state index contributed by atoms with van der Waals surface area (Å²) in [6.45, 7) is 4.99. The summed E-state index contributed by atoms with van der Waals surface area (Å²) in [7, 11) is 1.52. The zero-order valence-corrected chi connectivity index (χ0v) is 20.4. The lowest BCUT2D eigenvalue weighted by Crippen LogP contribution is -2.51. The molecule has 1 aliphatic rings. The van der Waals surface area contributed by atoms with Crippen molar-refractivity contribution < 1.29 is 23.9 Å². The third-order valence-corrected chi connectivity index (χ3v) is 6.39. The molecule has 0 spiro atoms. The molecule has 2 atom stereocenters. The average molecular weight is 490 g/mol. The molecule has 0 aliphatic carbocycles. The van der Waals surface area contributed by atoms with Gasteiger partial charge in [-0.15, -0.1) is 0 Å². The van der Waals surface area contributed by atoms with Gasteiger partial charge in [0.15, 0.2) is 5.69 Å². The number of primary amides is 1. The van der Waals surface area contributed by atoms with Crippen LogP contribution >= 0.6 is 11.5 Å². The van der Waals surface area contributed by atoms with E-state index in [1.807, 2.05) is 13.8 Å². The standard InChI is InChI=1S/C23H31N5O5S/c1-13(2)10-17(22(30)26-12-16-8-5-9-33-16)28(14-6-4-7-15(11-14)32-3)23(31)20-18(24)19(21(25)29)27-34-20/h4,6-7,11,13,16-17H,5,8-10,12,24H2,1-3H3,(H2,25,29)(H,26,30). The first-order valence-corrected chi connectivity index (χ1v) is 11.9. The second kappa shape index (κ2) is 11.3. The maximum Gasteiger partial charge on any atom is 0.272 e. The fourth-order valence-electron chi connectivity index (χ4n) is 3.85. The van der Waals surface area contributed by atoms with Crippen molar-refractivity contribution in [1.82, 2.24) is 9.69 Å². The summed E-state index contributed by atoms with van der Waals surface area (Å²) < 4.78 is 14.9. The Morgan fingerprint density at radius 2 is 2.12 bits per heavy atom. The number of amides is 3. The van der Waals surface area contributed by atoms with Crippen molar-refractivity contribution in [3.8, 4) is 5.75 Å². The number of rotatable bonds is 10. The topological polar surface area (TPSA) is 150 Å². The monoisotopic (exact) mass is 489 g/mol. The van der Waals surface area contributed by atoms with E-state index >= 15 is 0 Å². The number of carbonyl (C=O) groups is 3. The summed E-state index contributed by atoms with van der Waals surface area (Å²) in [5, 5.41) is 2.95. The van der Waals surface area contributed by atoms with Gasteiger partial charge in [-0.25, -0.2) is 0 Å². The van der Waals surface area contributed by atoms with Gasteiger partial charge in [0, 0.05) is 24.9 Å². The minimum absolute atomic E-state index is 0.0392. The number of benzene rings is 1. The molecule has 1 aromatic carbocycles. The molecule has 2 unspecified atom stereocenters. The molecule has 5 N–H and O–H groups in total. The third-order valence-electron chi connectivity index (χ3n) is 5.54. The molecule has 1 fully saturated rings. The Kier molecular flexibility index (Phi) is 8.46. The van der Waals surface area contributed by atoms with Crippen molar-refractivity contribution in [1.29, 1.82) is 0 Å². The SMILES string of the molecule is COc1cccc(N(C(=O)c2snc(C(N)=O)c2N)C(CC(C)C)C(=O)NCC2CCCO2)c1. The Balaban J connectivity index is 2.02. The fraction of sp³-hybridized carbons (Fsp3) is 0.478. The van der Waals surface area contributed by atoms with Gasteiger partial charge >= 0.3 is 0 Å². The van der Waals surface area contributed by atoms with E-state index in [0.717, 1.165) is 24.4 Å². The number of nitrogen functional groups attached to an aromatic ring is 1. The minimum atomic E-state index is -0.848. The van der Waals surface area contributed by atoms with Crippen LogP contribution in [0, 0.1) is 5.92 Å². The summed E-state index contributed by atoms with van der Waals surface area (Å²) in [4.78, 5) is 40.3. The Hall–Kier alpha value is -3.18. The van der Waals surface area contributed by atoms with E-state index in [9.17, 15) is 14.4 Å². The molecule has 10 nitrogen and oxygen atoms in total. The van der Waals surface area contributed by atoms with Crippen LogP contribution in [0.15, 0.2) is 24.3 Å². The summed E-state index contributed by atoms with van der Waals surface area (Å²) in [5.74, 6) is -1.06. The minimum Gasteiger partial charge on any atom is -0.497 e. The normalized spacial score (nSPS) is 16.3. The van der Waals surface area contributed by atoms with Crippen LogP contribution in [-0.4, -0.2) is 54.5 Å². The van der Waals surface area contributed by atoms with Gasteiger partial charge in [-0.1, -0.05) is 19.9 Å². The lowest BCUT2D eigenvalue weighted by molar-refractivity contribution is -0.123. The molecule has 11 heteroatoms. The predicted octanol–water partition coefficient (Wildman–Crippen LogP) is 2.19. The maximum atomic E-state index is 13.8. The summed E-state index contributed by atoms with van der Waals surface area (Å²) >= 11 is 0.777. The lowest BCUT2D eigenvalue weighted by atomic mass is 10.00. The van der Waals surface area contributed by atoms with Gasteiger partial charge in [0.05, 0.1) is 18.9 Å². The van der Waals surface area contributed by atoms with Gasteiger partial charge in [0.25, 0.3) is 11.8 Å². The van der Waals surface area contributed by atoms with Crippen LogP contribution < -0.4 is 26.4 Å². The molecule has 3 amide bonds. The number of nitrogens with one attached hydrogen (secondary N) is 1. The van der Waals surface area contributed by atoms with Crippen LogP contribution in [0.5, 0.6) is 5.75 Å². The van der Waals surface area contributed by atoms with Crippen LogP contribution in [0.2, 0.25) is 0 Å². The van der Waals surface area contributed by atoms with Crippen LogP contribution in [-0.2, 0) is 9.53 Å². The highest BCUT2D eigenvalue weighted by atomic mass is 32.1. The zero-order valence-electron chi connectivity index (χ0n) is 19.6. The number of nitrogens with two attached hydrogens (primary N) is 2. The second-order valence-corrected chi connectivity index (χ2v) is 9.31. The first kappa shape index (κ1) is 25.4. The van der Waals surface area contributed by atoms with Crippen molar-refractivity contribution in [2.24, 2.45) is 11.7 Å². The quantitative estimate of drug-likeness (QED) is 0.463. The molecule has 0 bridgehead atoms. The number of nitrogens with zero attached hydrogens (tertiary/aromatic N) is 2. The predicted molar refractivity (Wildman–Crippen MR) is 130 cm³/mol. The van der Waals surface area contributed by atoms with Crippen molar-refractivity contribution in [2.45, 2.75) is 45.3 Å². The fourth-order valence-corrected chi connectivity index (χ4v) is 4.59. The maximum absolute atomic E-state index is 13.8. The molecular weight excluding hydrogens is 458 g/mol. The smallest absolute Gasteiger partial charge is 0.272 e. The largest absolute Gasteiger partial charge is 0.497 e. The highest BCUT2D eigenvalue weighted by Gasteiger charge is 2.35. The molecule has 1 saturated heterocycles. The van der Waals surface area contributed by atoms with Crippen molar-refractivity contribution in [3.05, 3.63) is 34.8 Å². The molecule has 0 saturated carbocycles. The molecule has 3 rings (SSSR count). The van der Waals surface area contributed by atoms with E-state index in [2.05, 4.69) is 9.69 Å². The van der Waals surface area contributed by atoms with Gasteiger partial charge in [-0.3, -0.25) is 19.3 Å². The Bertz CT molecular complexity index is 1030. The number of hydrogen-bond acceptors (Lipinski definition) is 8. The highest BCUT2D eigenvalue weighted by molar-refractivity contribution is 7.09. The van der Waals surface area contributed by atoms with Gasteiger partial charge in [-0.2, -0.15) is 4.37 Å². The third kappa shape index (κ3) is 5.84. The lowest BCUT2D eigenvalue weighted by Gasteiger charge is -2.32. The molecular formula is C23H31N5O5S. The second-order valence-electron chi connectivity index (χ2n) is 8.54. The van der Waals surface area contributed by atoms with Crippen LogP contribution in [0.3, 0.4) is 0 Å². The van der Waals surface area contributed by atoms with Crippen molar-refractivity contribution in [2.75, 3.05) is 30.9 Å². The summed E-state index contributed by atoms with van der Waals surface area (Å²) in [5.41, 5.74) is 11.6.